The van der Waals surface area contributed by atoms with Gasteiger partial charge in [-0.15, -0.1) is 0 Å². The van der Waals surface area contributed by atoms with Crippen molar-refractivity contribution in [1.29, 1.82) is 0 Å². The van der Waals surface area contributed by atoms with Crippen LogP contribution in [-0.4, -0.2) is 17.4 Å². The van der Waals surface area contributed by atoms with Crippen LogP contribution in [0.3, 0.4) is 0 Å². The molecule has 0 aliphatic heterocycles. The molecule has 0 bridgehead atoms. The highest BCUT2D eigenvalue weighted by molar-refractivity contribution is 7.16. The second kappa shape index (κ2) is 6.33. The van der Waals surface area contributed by atoms with Crippen molar-refractivity contribution in [3.63, 3.8) is 0 Å². The maximum Gasteiger partial charge on any atom is 0.257 e. The van der Waals surface area contributed by atoms with Gasteiger partial charge in [-0.2, -0.15) is 0 Å². The number of hydrogen-bond donors (Lipinski definition) is 2. The first-order chi connectivity index (χ1) is 9.60. The monoisotopic (exact) mass is 285 g/mol. The van der Waals surface area contributed by atoms with Gasteiger partial charge in [0.25, 0.3) is 5.91 Å². The van der Waals surface area contributed by atoms with E-state index in [2.05, 4.69) is 22.1 Å². The molecule has 2 rings (SSSR count). The molecule has 0 unspecified atom stereocenters. The fourth-order valence-electron chi connectivity index (χ4n) is 1.76. The van der Waals surface area contributed by atoms with Crippen LogP contribution in [0.1, 0.15) is 26.4 Å². The van der Waals surface area contributed by atoms with Gasteiger partial charge >= 0.3 is 0 Å². The zero-order valence-electron chi connectivity index (χ0n) is 11.4. The Morgan fingerprint density at radius 3 is 2.95 bits per heavy atom. The van der Waals surface area contributed by atoms with Gasteiger partial charge in [-0.3, -0.25) is 10.1 Å². The van der Waals surface area contributed by atoms with Crippen molar-refractivity contribution in [2.45, 2.75) is 13.8 Å². The maximum absolute atomic E-state index is 12.2. The quantitative estimate of drug-likeness (QED) is 0.832. The number of benzene rings is 1. The summed E-state index contributed by atoms with van der Waals surface area (Å²) < 4.78 is 0. The molecule has 0 radical (unpaired) electrons. The summed E-state index contributed by atoms with van der Waals surface area (Å²) in [6, 6.07) is 5.72. The lowest BCUT2D eigenvalue weighted by Gasteiger charge is -2.05. The minimum atomic E-state index is -0.157. The first kappa shape index (κ1) is 14.3. The SMILES string of the molecule is Cc1ccc(C(=O)Nc2ncc(C#CCN)s2)c(C)c1. The van der Waals surface area contributed by atoms with Crippen LogP contribution in [0.5, 0.6) is 0 Å². The topological polar surface area (TPSA) is 68.0 Å². The Hall–Kier alpha value is -2.16. The van der Waals surface area contributed by atoms with Crippen LogP contribution in [0, 0.1) is 25.7 Å². The molecule has 0 saturated carbocycles. The molecule has 4 nitrogen and oxygen atoms in total. The zero-order valence-corrected chi connectivity index (χ0v) is 12.2. The molecule has 3 N–H and O–H groups in total. The first-order valence-corrected chi connectivity index (χ1v) is 6.95. The summed E-state index contributed by atoms with van der Waals surface area (Å²) in [6.45, 7) is 4.22. The lowest BCUT2D eigenvalue weighted by Crippen LogP contribution is -2.13. The first-order valence-electron chi connectivity index (χ1n) is 6.13. The van der Waals surface area contributed by atoms with Gasteiger partial charge in [-0.1, -0.05) is 40.9 Å². The molecule has 1 aromatic carbocycles. The highest BCUT2D eigenvalue weighted by Crippen LogP contribution is 2.19. The molecule has 0 fully saturated rings. The van der Waals surface area contributed by atoms with Gasteiger partial charge in [0.2, 0.25) is 0 Å². The predicted molar refractivity (Wildman–Crippen MR) is 81.9 cm³/mol. The Labute approximate surface area is 122 Å². The molecule has 0 aliphatic carbocycles. The molecule has 102 valence electrons. The Balaban J connectivity index is 2.13. The van der Waals surface area contributed by atoms with E-state index in [4.69, 9.17) is 5.73 Å². The summed E-state index contributed by atoms with van der Waals surface area (Å²) in [7, 11) is 0. The van der Waals surface area contributed by atoms with Crippen LogP contribution >= 0.6 is 11.3 Å². The molecule has 0 spiro atoms. The van der Waals surface area contributed by atoms with Crippen molar-refractivity contribution in [3.8, 4) is 11.8 Å². The van der Waals surface area contributed by atoms with E-state index >= 15 is 0 Å². The van der Waals surface area contributed by atoms with Crippen LogP contribution in [0.15, 0.2) is 24.4 Å². The molecular weight excluding hydrogens is 270 g/mol. The van der Waals surface area contributed by atoms with Gasteiger partial charge in [0.05, 0.1) is 17.6 Å². The average Bonchev–Trinajstić information content (AvgIpc) is 2.83. The smallest absolute Gasteiger partial charge is 0.257 e. The minimum absolute atomic E-state index is 0.157. The number of nitrogens with one attached hydrogen (secondary N) is 1. The Morgan fingerprint density at radius 1 is 1.45 bits per heavy atom. The Bertz CT molecular complexity index is 695. The van der Waals surface area contributed by atoms with E-state index in [1.54, 1.807) is 6.20 Å². The molecular formula is C15H15N3OS. The normalized spacial score (nSPS) is 9.75. The van der Waals surface area contributed by atoms with Gasteiger partial charge in [0, 0.05) is 5.56 Å². The van der Waals surface area contributed by atoms with E-state index in [0.29, 0.717) is 17.2 Å². The lowest BCUT2D eigenvalue weighted by molar-refractivity contribution is 0.102. The molecule has 0 atom stereocenters. The van der Waals surface area contributed by atoms with Gasteiger partial charge in [0.15, 0.2) is 5.13 Å². The second-order valence-electron chi connectivity index (χ2n) is 4.31. The van der Waals surface area contributed by atoms with Crippen molar-refractivity contribution in [2.24, 2.45) is 5.73 Å². The average molecular weight is 285 g/mol. The molecule has 2 aromatic rings. The van der Waals surface area contributed by atoms with Crippen LogP contribution in [-0.2, 0) is 0 Å². The maximum atomic E-state index is 12.2. The van der Waals surface area contributed by atoms with Gasteiger partial charge in [0.1, 0.15) is 0 Å². The van der Waals surface area contributed by atoms with Gasteiger partial charge in [-0.05, 0) is 25.5 Å². The van der Waals surface area contributed by atoms with E-state index in [1.165, 1.54) is 11.3 Å². The fraction of sp³-hybridized carbons (Fsp3) is 0.200. The lowest BCUT2D eigenvalue weighted by atomic mass is 10.1. The van der Waals surface area contributed by atoms with E-state index < -0.39 is 0 Å². The third-order valence-corrected chi connectivity index (χ3v) is 3.49. The number of aryl methyl sites for hydroxylation is 2. The van der Waals surface area contributed by atoms with Crippen molar-refractivity contribution < 1.29 is 4.79 Å². The van der Waals surface area contributed by atoms with Crippen molar-refractivity contribution >= 4 is 22.4 Å². The predicted octanol–water partition coefficient (Wildman–Crippen LogP) is 2.32. The molecule has 1 aromatic heterocycles. The standard InChI is InChI=1S/C15H15N3OS/c1-10-5-6-13(11(2)8-10)14(19)18-15-17-9-12(20-15)4-3-7-16/h5-6,8-9H,7,16H2,1-2H3,(H,17,18,19). The van der Waals surface area contributed by atoms with Crippen LogP contribution in [0.25, 0.3) is 0 Å². The molecule has 0 saturated heterocycles. The number of hydrogen-bond acceptors (Lipinski definition) is 4. The summed E-state index contributed by atoms with van der Waals surface area (Å²) in [5.74, 6) is 5.48. The zero-order chi connectivity index (χ0) is 14.5. The summed E-state index contributed by atoms with van der Waals surface area (Å²) in [5, 5.41) is 3.32. The van der Waals surface area contributed by atoms with Crippen molar-refractivity contribution in [3.05, 3.63) is 46.0 Å². The van der Waals surface area contributed by atoms with Gasteiger partial charge < -0.3 is 5.73 Å². The van der Waals surface area contributed by atoms with Crippen LogP contribution in [0.4, 0.5) is 5.13 Å². The number of aromatic nitrogens is 1. The van der Waals surface area contributed by atoms with Crippen molar-refractivity contribution in [2.75, 3.05) is 11.9 Å². The van der Waals surface area contributed by atoms with Gasteiger partial charge in [-0.25, -0.2) is 4.98 Å². The summed E-state index contributed by atoms with van der Waals surface area (Å²) in [4.78, 5) is 17.1. The number of rotatable bonds is 2. The molecule has 0 aliphatic rings. The Morgan fingerprint density at radius 2 is 2.25 bits per heavy atom. The van der Waals surface area contributed by atoms with E-state index in [-0.39, 0.29) is 5.91 Å². The molecule has 20 heavy (non-hydrogen) atoms. The summed E-state index contributed by atoms with van der Waals surface area (Å²) in [6.07, 6.45) is 1.63. The van der Waals surface area contributed by atoms with Crippen LogP contribution < -0.4 is 11.1 Å². The third kappa shape index (κ3) is 3.44. The Kier molecular flexibility index (Phi) is 4.51. The summed E-state index contributed by atoms with van der Waals surface area (Å²) >= 11 is 1.33. The highest BCUT2D eigenvalue weighted by Gasteiger charge is 2.11. The minimum Gasteiger partial charge on any atom is -0.320 e. The number of nitrogens with two attached hydrogens (primary N) is 1. The number of carbonyl (C=O) groups excluding carboxylic acids is 1. The van der Waals surface area contributed by atoms with E-state index in [1.807, 2.05) is 32.0 Å². The number of amides is 1. The number of nitrogens with zero attached hydrogens (tertiary/aromatic N) is 1. The summed E-state index contributed by atoms with van der Waals surface area (Å²) in [5.41, 5.74) is 8.04. The third-order valence-electron chi connectivity index (χ3n) is 2.67. The van der Waals surface area contributed by atoms with E-state index in [9.17, 15) is 4.79 Å². The van der Waals surface area contributed by atoms with Crippen LogP contribution in [0.2, 0.25) is 0 Å². The van der Waals surface area contributed by atoms with Crippen molar-refractivity contribution in [1.82, 2.24) is 4.98 Å². The number of carbonyl (C=O) groups is 1. The second-order valence-corrected chi connectivity index (χ2v) is 5.34. The molecule has 1 amide bonds. The number of anilines is 1. The number of thiazole rings is 1. The molecule has 1 heterocycles. The largest absolute Gasteiger partial charge is 0.320 e. The van der Waals surface area contributed by atoms with E-state index in [0.717, 1.165) is 16.0 Å². The molecule has 5 heteroatoms. The fourth-order valence-corrected chi connectivity index (χ4v) is 2.45. The highest BCUT2D eigenvalue weighted by atomic mass is 32.1.